The van der Waals surface area contributed by atoms with E-state index < -0.39 is 0 Å². The molecule has 0 aromatic heterocycles. The highest BCUT2D eigenvalue weighted by Gasteiger charge is 2.31. The Morgan fingerprint density at radius 1 is 1.19 bits per heavy atom. The number of benzene rings is 1. The molecular weight excluding hydrogens is 519 g/mol. The number of hydrogen-bond donors (Lipinski definition) is 3. The number of rotatable bonds is 5. The molecule has 150 valence electrons. The van der Waals surface area contributed by atoms with Gasteiger partial charge in [-0.2, -0.15) is 0 Å². The number of amides is 1. The van der Waals surface area contributed by atoms with Gasteiger partial charge in [-0.1, -0.05) is 28.4 Å². The molecule has 2 saturated carbocycles. The molecule has 2 aliphatic carbocycles. The maximum Gasteiger partial charge on any atom is 0.223 e. The van der Waals surface area contributed by atoms with Crippen molar-refractivity contribution in [3.05, 3.63) is 33.8 Å². The maximum atomic E-state index is 12.3. The van der Waals surface area contributed by atoms with Gasteiger partial charge in [-0.05, 0) is 62.3 Å². The molecule has 2 unspecified atom stereocenters. The van der Waals surface area contributed by atoms with E-state index in [2.05, 4.69) is 62.0 Å². The Labute approximate surface area is 187 Å². The van der Waals surface area contributed by atoms with Gasteiger partial charge in [-0.25, -0.2) is 0 Å². The van der Waals surface area contributed by atoms with Gasteiger partial charge in [0.25, 0.3) is 0 Å². The summed E-state index contributed by atoms with van der Waals surface area (Å²) in [6.07, 6.45) is 6.35. The van der Waals surface area contributed by atoms with Gasteiger partial charge in [0, 0.05) is 36.1 Å². The predicted octanol–water partition coefficient (Wildman–Crippen LogP) is 3.88. The molecule has 0 bridgehead atoms. The Balaban J connectivity index is 0.00000261. The Kier molecular flexibility index (Phi) is 8.85. The summed E-state index contributed by atoms with van der Waals surface area (Å²) in [6, 6.07) is 7.05. The van der Waals surface area contributed by atoms with Crippen LogP contribution in [0, 0.1) is 12.8 Å². The third-order valence-corrected chi connectivity index (χ3v) is 5.78. The van der Waals surface area contributed by atoms with Crippen LogP contribution in [0.5, 0.6) is 0 Å². The monoisotopic (exact) mass is 548 g/mol. The molecular formula is C20H30BrIN4O. The van der Waals surface area contributed by atoms with Crippen molar-refractivity contribution in [1.82, 2.24) is 16.0 Å². The lowest BCUT2D eigenvalue weighted by atomic mass is 9.85. The van der Waals surface area contributed by atoms with Crippen LogP contribution in [-0.4, -0.2) is 31.0 Å². The van der Waals surface area contributed by atoms with Gasteiger partial charge in [0.15, 0.2) is 5.96 Å². The minimum atomic E-state index is 0. The fraction of sp³-hybridized carbons (Fsp3) is 0.600. The second kappa shape index (κ2) is 10.6. The molecule has 0 radical (unpaired) electrons. The molecule has 3 N–H and O–H groups in total. The summed E-state index contributed by atoms with van der Waals surface area (Å²) >= 11 is 3.50. The number of aryl methyl sites for hydroxylation is 1. The third kappa shape index (κ3) is 6.93. The molecule has 0 aliphatic heterocycles. The van der Waals surface area contributed by atoms with Crippen molar-refractivity contribution in [1.29, 1.82) is 0 Å². The van der Waals surface area contributed by atoms with Crippen LogP contribution in [0.15, 0.2) is 27.7 Å². The molecule has 0 heterocycles. The molecule has 2 aliphatic rings. The zero-order valence-electron chi connectivity index (χ0n) is 16.1. The van der Waals surface area contributed by atoms with E-state index in [9.17, 15) is 4.79 Å². The van der Waals surface area contributed by atoms with E-state index in [1.165, 1.54) is 11.1 Å². The fourth-order valence-electron chi connectivity index (χ4n) is 3.53. The van der Waals surface area contributed by atoms with Crippen LogP contribution in [0.3, 0.4) is 0 Å². The Hall–Kier alpha value is -0.830. The number of hydrogen-bond acceptors (Lipinski definition) is 2. The quantitative estimate of drug-likeness (QED) is 0.297. The van der Waals surface area contributed by atoms with Crippen molar-refractivity contribution in [3.8, 4) is 0 Å². The van der Waals surface area contributed by atoms with Crippen LogP contribution in [0.25, 0.3) is 0 Å². The summed E-state index contributed by atoms with van der Waals surface area (Å²) in [7, 11) is 1.80. The number of aliphatic imine (C=N–C) groups is 1. The van der Waals surface area contributed by atoms with Crippen LogP contribution < -0.4 is 16.0 Å². The molecule has 2 fully saturated rings. The standard InChI is InChI=1S/C20H29BrN4O.HI/c1-13-10-16(21)7-6-15(13)12-23-20(22-2)25-18-5-3-4-14(11-18)19(26)24-17-8-9-17;/h6-7,10,14,17-18H,3-5,8-9,11-12H2,1-2H3,(H,24,26)(H2,22,23,25);1H. The van der Waals surface area contributed by atoms with E-state index in [-0.39, 0.29) is 35.8 Å². The zero-order valence-corrected chi connectivity index (χ0v) is 20.0. The lowest BCUT2D eigenvalue weighted by molar-refractivity contribution is -0.126. The zero-order chi connectivity index (χ0) is 18.5. The lowest BCUT2D eigenvalue weighted by Crippen LogP contribution is -2.47. The first-order chi connectivity index (χ1) is 12.5. The Bertz CT molecular complexity index is 678. The number of carbonyl (C=O) groups excluding carboxylic acids is 1. The normalized spacial score (nSPS) is 22.6. The molecule has 5 nitrogen and oxygen atoms in total. The minimum Gasteiger partial charge on any atom is -0.354 e. The van der Waals surface area contributed by atoms with Crippen LogP contribution in [0.2, 0.25) is 0 Å². The van der Waals surface area contributed by atoms with Crippen molar-refractivity contribution in [2.75, 3.05) is 7.05 Å². The topological polar surface area (TPSA) is 65.5 Å². The van der Waals surface area contributed by atoms with Gasteiger partial charge in [0.05, 0.1) is 0 Å². The summed E-state index contributed by atoms with van der Waals surface area (Å²) in [5.41, 5.74) is 2.50. The highest BCUT2D eigenvalue weighted by Crippen LogP contribution is 2.26. The summed E-state index contributed by atoms with van der Waals surface area (Å²) in [5, 5.41) is 10.1. The van der Waals surface area contributed by atoms with Crippen molar-refractivity contribution >= 4 is 51.8 Å². The molecule has 3 rings (SSSR count). The number of guanidine groups is 1. The van der Waals surface area contributed by atoms with Gasteiger partial charge in [0.2, 0.25) is 5.91 Å². The molecule has 0 saturated heterocycles. The first kappa shape index (κ1) is 22.5. The van der Waals surface area contributed by atoms with Gasteiger partial charge in [-0.15, -0.1) is 24.0 Å². The van der Waals surface area contributed by atoms with E-state index in [1.807, 2.05) is 0 Å². The molecule has 1 aromatic carbocycles. The summed E-state index contributed by atoms with van der Waals surface area (Å²) < 4.78 is 1.10. The largest absolute Gasteiger partial charge is 0.354 e. The number of carbonyl (C=O) groups is 1. The van der Waals surface area contributed by atoms with Gasteiger partial charge in [0.1, 0.15) is 0 Å². The van der Waals surface area contributed by atoms with Crippen molar-refractivity contribution < 1.29 is 4.79 Å². The number of nitrogens with one attached hydrogen (secondary N) is 3. The summed E-state index contributed by atoms with van der Waals surface area (Å²) in [5.74, 6) is 1.18. The van der Waals surface area contributed by atoms with E-state index in [0.29, 0.717) is 12.1 Å². The van der Waals surface area contributed by atoms with E-state index in [4.69, 9.17) is 0 Å². The van der Waals surface area contributed by atoms with Gasteiger partial charge < -0.3 is 16.0 Å². The second-order valence-corrected chi connectivity index (χ2v) is 8.40. The third-order valence-electron chi connectivity index (χ3n) is 5.28. The van der Waals surface area contributed by atoms with Crippen molar-refractivity contribution in [2.45, 2.75) is 64.1 Å². The van der Waals surface area contributed by atoms with E-state index in [1.54, 1.807) is 7.05 Å². The van der Waals surface area contributed by atoms with Crippen LogP contribution >= 0.6 is 39.9 Å². The van der Waals surface area contributed by atoms with Crippen LogP contribution in [0.1, 0.15) is 49.7 Å². The molecule has 2 atom stereocenters. The second-order valence-electron chi connectivity index (χ2n) is 7.48. The fourth-order valence-corrected chi connectivity index (χ4v) is 4.01. The highest BCUT2D eigenvalue weighted by atomic mass is 127. The van der Waals surface area contributed by atoms with Gasteiger partial charge in [-0.3, -0.25) is 9.79 Å². The Morgan fingerprint density at radius 3 is 2.63 bits per heavy atom. The summed E-state index contributed by atoms with van der Waals surface area (Å²) in [6.45, 7) is 2.85. The maximum absolute atomic E-state index is 12.3. The Morgan fingerprint density at radius 2 is 1.96 bits per heavy atom. The first-order valence-corrected chi connectivity index (χ1v) is 10.4. The minimum absolute atomic E-state index is 0. The average Bonchev–Trinajstić information content (AvgIpc) is 3.44. The summed E-state index contributed by atoms with van der Waals surface area (Å²) in [4.78, 5) is 16.7. The number of halogens is 2. The molecule has 1 aromatic rings. The van der Waals surface area contributed by atoms with E-state index in [0.717, 1.165) is 55.5 Å². The van der Waals surface area contributed by atoms with Crippen LogP contribution in [-0.2, 0) is 11.3 Å². The van der Waals surface area contributed by atoms with Crippen molar-refractivity contribution in [3.63, 3.8) is 0 Å². The van der Waals surface area contributed by atoms with Crippen molar-refractivity contribution in [2.24, 2.45) is 10.9 Å². The first-order valence-electron chi connectivity index (χ1n) is 9.57. The van der Waals surface area contributed by atoms with Gasteiger partial charge >= 0.3 is 0 Å². The smallest absolute Gasteiger partial charge is 0.223 e. The molecule has 0 spiro atoms. The molecule has 7 heteroatoms. The lowest BCUT2D eigenvalue weighted by Gasteiger charge is -2.30. The molecule has 27 heavy (non-hydrogen) atoms. The van der Waals surface area contributed by atoms with E-state index >= 15 is 0 Å². The SMILES string of the molecule is CN=C(NCc1ccc(Br)cc1C)NC1CCCC(C(=O)NC2CC2)C1.I. The number of nitrogens with zero attached hydrogens (tertiary/aromatic N) is 1. The predicted molar refractivity (Wildman–Crippen MR) is 125 cm³/mol. The molecule has 1 amide bonds. The van der Waals surface area contributed by atoms with Crippen LogP contribution in [0.4, 0.5) is 0 Å². The average molecular weight is 549 g/mol. The highest BCUT2D eigenvalue weighted by molar-refractivity contribution is 14.0.